The zero-order valence-corrected chi connectivity index (χ0v) is 10.7. The van der Waals surface area contributed by atoms with Crippen LogP contribution in [0.4, 0.5) is 0 Å². The molecule has 0 aromatic heterocycles. The van der Waals surface area contributed by atoms with Gasteiger partial charge in [0.1, 0.15) is 6.04 Å². The minimum Gasteiger partial charge on any atom is -0.480 e. The first kappa shape index (κ1) is 14.9. The van der Waals surface area contributed by atoms with Gasteiger partial charge in [-0.2, -0.15) is 0 Å². The predicted molar refractivity (Wildman–Crippen MR) is 62.2 cm³/mol. The number of likely N-dealkylation sites (N-methyl/N-ethyl adjacent to an activating group) is 1. The maximum Gasteiger partial charge on any atom is 0.320 e. The van der Waals surface area contributed by atoms with E-state index in [1.165, 1.54) is 0 Å². The second-order valence-corrected chi connectivity index (χ2v) is 4.54. The van der Waals surface area contributed by atoms with Gasteiger partial charge in [-0.1, -0.05) is 13.8 Å². The lowest BCUT2D eigenvalue weighted by atomic mass is 10.1. The number of rotatable bonds is 6. The van der Waals surface area contributed by atoms with Crippen molar-refractivity contribution in [3.63, 3.8) is 0 Å². The molecule has 5 nitrogen and oxygen atoms in total. The molecule has 0 rings (SSSR count). The first-order valence-electron chi connectivity index (χ1n) is 5.49. The highest BCUT2D eigenvalue weighted by molar-refractivity contribution is 5.80. The predicted octanol–water partition coefficient (Wildman–Crippen LogP) is 0.552. The molecule has 0 fully saturated rings. The van der Waals surface area contributed by atoms with Crippen LogP contribution in [0, 0.1) is 5.92 Å². The molecule has 0 spiro atoms. The van der Waals surface area contributed by atoms with Gasteiger partial charge in [0, 0.05) is 13.1 Å². The Morgan fingerprint density at radius 1 is 1.25 bits per heavy atom. The first-order valence-corrected chi connectivity index (χ1v) is 5.49. The number of carboxylic acid groups (broad SMARTS) is 1. The van der Waals surface area contributed by atoms with Crippen LogP contribution in [0.5, 0.6) is 0 Å². The number of amides is 1. The van der Waals surface area contributed by atoms with Crippen molar-refractivity contribution in [1.29, 1.82) is 0 Å². The standard InChI is InChI=1S/C11H22N2O3/c1-7(2)10(11(15)16)12-6-9(14)13(5)8(3)4/h7-8,10,12H,6H2,1-5H3,(H,15,16). The fraction of sp³-hybridized carbons (Fsp3) is 0.818. The lowest BCUT2D eigenvalue weighted by Gasteiger charge is -2.23. The molecule has 0 aliphatic heterocycles. The minimum absolute atomic E-state index is 0.0466. The maximum absolute atomic E-state index is 11.6. The summed E-state index contributed by atoms with van der Waals surface area (Å²) >= 11 is 0. The van der Waals surface area contributed by atoms with E-state index in [0.717, 1.165) is 0 Å². The average Bonchev–Trinajstić information content (AvgIpc) is 2.15. The number of carboxylic acids is 1. The molecular weight excluding hydrogens is 208 g/mol. The first-order chi connectivity index (χ1) is 7.27. The van der Waals surface area contributed by atoms with Gasteiger partial charge in [0.15, 0.2) is 0 Å². The molecule has 0 aliphatic carbocycles. The van der Waals surface area contributed by atoms with Crippen molar-refractivity contribution in [3.8, 4) is 0 Å². The molecule has 0 saturated heterocycles. The molecule has 16 heavy (non-hydrogen) atoms. The Balaban J connectivity index is 4.22. The molecule has 0 aromatic rings. The van der Waals surface area contributed by atoms with Crippen LogP contribution < -0.4 is 5.32 Å². The third-order valence-electron chi connectivity index (χ3n) is 2.57. The summed E-state index contributed by atoms with van der Waals surface area (Å²) in [4.78, 5) is 24.1. The van der Waals surface area contributed by atoms with E-state index >= 15 is 0 Å². The van der Waals surface area contributed by atoms with Gasteiger partial charge in [-0.25, -0.2) is 0 Å². The number of nitrogens with zero attached hydrogens (tertiary/aromatic N) is 1. The molecule has 0 aromatic carbocycles. The van der Waals surface area contributed by atoms with Gasteiger partial charge < -0.3 is 10.0 Å². The van der Waals surface area contributed by atoms with E-state index < -0.39 is 12.0 Å². The number of carbonyl (C=O) groups is 2. The monoisotopic (exact) mass is 230 g/mol. The Morgan fingerprint density at radius 3 is 2.06 bits per heavy atom. The summed E-state index contributed by atoms with van der Waals surface area (Å²) in [6, 6.07) is -0.554. The van der Waals surface area contributed by atoms with E-state index in [-0.39, 0.29) is 24.4 Å². The highest BCUT2D eigenvalue weighted by Gasteiger charge is 2.22. The van der Waals surface area contributed by atoms with Crippen molar-refractivity contribution >= 4 is 11.9 Å². The molecule has 0 heterocycles. The summed E-state index contributed by atoms with van der Waals surface area (Å²) in [5, 5.41) is 11.7. The van der Waals surface area contributed by atoms with Crippen LogP contribution in [0.25, 0.3) is 0 Å². The normalized spacial score (nSPS) is 12.9. The van der Waals surface area contributed by atoms with Crippen molar-refractivity contribution in [3.05, 3.63) is 0 Å². The van der Waals surface area contributed by atoms with Crippen LogP contribution in [-0.4, -0.2) is 47.6 Å². The van der Waals surface area contributed by atoms with Crippen molar-refractivity contribution in [1.82, 2.24) is 10.2 Å². The van der Waals surface area contributed by atoms with Crippen LogP contribution >= 0.6 is 0 Å². The maximum atomic E-state index is 11.6. The smallest absolute Gasteiger partial charge is 0.320 e. The van der Waals surface area contributed by atoms with E-state index in [9.17, 15) is 9.59 Å². The Labute approximate surface area is 96.8 Å². The lowest BCUT2D eigenvalue weighted by molar-refractivity contribution is -0.141. The summed E-state index contributed by atoms with van der Waals surface area (Å²) in [7, 11) is 1.71. The number of hydrogen-bond donors (Lipinski definition) is 2. The molecule has 94 valence electrons. The van der Waals surface area contributed by atoms with Crippen molar-refractivity contribution < 1.29 is 14.7 Å². The zero-order chi connectivity index (χ0) is 12.9. The molecular formula is C11H22N2O3. The Hall–Kier alpha value is -1.10. The molecule has 2 N–H and O–H groups in total. The van der Waals surface area contributed by atoms with Gasteiger partial charge in [0.05, 0.1) is 6.54 Å². The fourth-order valence-electron chi connectivity index (χ4n) is 1.22. The molecule has 1 amide bonds. The summed E-state index contributed by atoms with van der Waals surface area (Å²) in [5.74, 6) is -1.06. The molecule has 5 heteroatoms. The van der Waals surface area contributed by atoms with Gasteiger partial charge in [0.2, 0.25) is 5.91 Å². The van der Waals surface area contributed by atoms with E-state index in [0.29, 0.717) is 0 Å². The van der Waals surface area contributed by atoms with Gasteiger partial charge in [0.25, 0.3) is 0 Å². The van der Waals surface area contributed by atoms with Gasteiger partial charge in [-0.3, -0.25) is 14.9 Å². The molecule has 0 radical (unpaired) electrons. The van der Waals surface area contributed by atoms with E-state index in [1.54, 1.807) is 11.9 Å². The Morgan fingerprint density at radius 2 is 1.75 bits per heavy atom. The molecule has 0 aliphatic rings. The summed E-state index contributed by atoms with van der Waals surface area (Å²) in [6.45, 7) is 7.50. The Bertz CT molecular complexity index is 252. The topological polar surface area (TPSA) is 69.6 Å². The quantitative estimate of drug-likeness (QED) is 0.699. The second-order valence-electron chi connectivity index (χ2n) is 4.54. The highest BCUT2D eigenvalue weighted by atomic mass is 16.4. The third-order valence-corrected chi connectivity index (χ3v) is 2.57. The summed E-state index contributed by atoms with van der Waals surface area (Å²) < 4.78 is 0. The SMILES string of the molecule is CC(C)C(NCC(=O)N(C)C(C)C)C(=O)O. The van der Waals surface area contributed by atoms with Crippen molar-refractivity contribution in [2.75, 3.05) is 13.6 Å². The van der Waals surface area contributed by atoms with Gasteiger partial charge in [-0.15, -0.1) is 0 Å². The van der Waals surface area contributed by atoms with Crippen molar-refractivity contribution in [2.24, 2.45) is 5.92 Å². The van der Waals surface area contributed by atoms with Crippen LogP contribution in [0.3, 0.4) is 0 Å². The van der Waals surface area contributed by atoms with Crippen LogP contribution in [0.15, 0.2) is 0 Å². The summed E-state index contributed by atoms with van der Waals surface area (Å²) in [5.41, 5.74) is 0. The second kappa shape index (κ2) is 6.48. The largest absolute Gasteiger partial charge is 0.480 e. The number of nitrogens with one attached hydrogen (secondary N) is 1. The van der Waals surface area contributed by atoms with Gasteiger partial charge in [-0.05, 0) is 19.8 Å². The summed E-state index contributed by atoms with van der Waals surface area (Å²) in [6.07, 6.45) is 0. The average molecular weight is 230 g/mol. The fourth-order valence-corrected chi connectivity index (χ4v) is 1.22. The van der Waals surface area contributed by atoms with E-state index in [1.807, 2.05) is 27.7 Å². The van der Waals surface area contributed by atoms with Crippen LogP contribution in [0.1, 0.15) is 27.7 Å². The van der Waals surface area contributed by atoms with E-state index in [4.69, 9.17) is 5.11 Å². The highest BCUT2D eigenvalue weighted by Crippen LogP contribution is 2.02. The van der Waals surface area contributed by atoms with E-state index in [2.05, 4.69) is 5.32 Å². The number of hydrogen-bond acceptors (Lipinski definition) is 3. The van der Waals surface area contributed by atoms with Crippen LogP contribution in [0.2, 0.25) is 0 Å². The van der Waals surface area contributed by atoms with Crippen molar-refractivity contribution in [2.45, 2.75) is 39.8 Å². The molecule has 1 atom stereocenters. The number of carbonyl (C=O) groups excluding carboxylic acids is 1. The molecule has 0 bridgehead atoms. The zero-order valence-electron chi connectivity index (χ0n) is 10.7. The molecule has 0 saturated carbocycles. The molecule has 1 unspecified atom stereocenters. The minimum atomic E-state index is -0.921. The van der Waals surface area contributed by atoms with Gasteiger partial charge >= 0.3 is 5.97 Å². The third kappa shape index (κ3) is 4.61. The Kier molecular flexibility index (Phi) is 6.03. The lowest BCUT2D eigenvalue weighted by Crippen LogP contribution is -2.47. The number of aliphatic carboxylic acids is 1. The van der Waals surface area contributed by atoms with Crippen LogP contribution in [-0.2, 0) is 9.59 Å².